The molecule has 0 aliphatic heterocycles. The first kappa shape index (κ1) is 11.2. The number of hydrogen-bond donors (Lipinski definition) is 2. The van der Waals surface area contributed by atoms with Crippen LogP contribution in [0.25, 0.3) is 0 Å². The van der Waals surface area contributed by atoms with Gasteiger partial charge < -0.3 is 10.6 Å². The van der Waals surface area contributed by atoms with Gasteiger partial charge in [0.1, 0.15) is 0 Å². The standard InChI is InChI=1S/C11H15N3O/c1-9(2)6-13-11(15)14-8-10-4-3-5-12-7-10/h3-7H,8H2,1-2H3,(H2,13,14,15). The van der Waals surface area contributed by atoms with Crippen LogP contribution in [0.15, 0.2) is 36.3 Å². The normalized spacial score (nSPS) is 9.20. The van der Waals surface area contributed by atoms with Crippen molar-refractivity contribution in [2.45, 2.75) is 20.4 Å². The number of carbonyl (C=O) groups is 1. The number of aromatic nitrogens is 1. The lowest BCUT2D eigenvalue weighted by molar-refractivity contribution is 0.243. The minimum absolute atomic E-state index is 0.208. The van der Waals surface area contributed by atoms with Crippen molar-refractivity contribution in [3.8, 4) is 0 Å². The van der Waals surface area contributed by atoms with E-state index in [1.807, 2.05) is 26.0 Å². The van der Waals surface area contributed by atoms with Crippen molar-refractivity contribution in [2.75, 3.05) is 0 Å². The van der Waals surface area contributed by atoms with Crippen molar-refractivity contribution in [2.24, 2.45) is 0 Å². The monoisotopic (exact) mass is 205 g/mol. The van der Waals surface area contributed by atoms with Gasteiger partial charge in [-0.3, -0.25) is 4.98 Å². The van der Waals surface area contributed by atoms with Gasteiger partial charge in [-0.25, -0.2) is 4.79 Å². The quantitative estimate of drug-likeness (QED) is 0.790. The van der Waals surface area contributed by atoms with Crippen molar-refractivity contribution in [1.82, 2.24) is 15.6 Å². The summed E-state index contributed by atoms with van der Waals surface area (Å²) in [5.41, 5.74) is 2.02. The first-order valence-corrected chi connectivity index (χ1v) is 4.75. The molecule has 0 unspecified atom stereocenters. The maximum Gasteiger partial charge on any atom is 0.319 e. The van der Waals surface area contributed by atoms with Gasteiger partial charge in [0.15, 0.2) is 0 Å². The molecule has 0 saturated carbocycles. The Hall–Kier alpha value is -1.84. The Kier molecular flexibility index (Phi) is 4.34. The average molecular weight is 205 g/mol. The van der Waals surface area contributed by atoms with Gasteiger partial charge in [0.05, 0.1) is 0 Å². The predicted octanol–water partition coefficient (Wildman–Crippen LogP) is 1.80. The highest BCUT2D eigenvalue weighted by Gasteiger charge is 1.97. The van der Waals surface area contributed by atoms with Crippen molar-refractivity contribution < 1.29 is 4.79 Å². The number of amides is 2. The van der Waals surface area contributed by atoms with Crippen molar-refractivity contribution in [1.29, 1.82) is 0 Å². The van der Waals surface area contributed by atoms with Crippen LogP contribution in [-0.4, -0.2) is 11.0 Å². The topological polar surface area (TPSA) is 54.0 Å². The highest BCUT2D eigenvalue weighted by molar-refractivity contribution is 5.74. The molecule has 1 heterocycles. The summed E-state index contributed by atoms with van der Waals surface area (Å²) in [4.78, 5) is 15.2. The molecule has 0 aromatic carbocycles. The highest BCUT2D eigenvalue weighted by atomic mass is 16.2. The van der Waals surface area contributed by atoms with E-state index >= 15 is 0 Å². The second kappa shape index (κ2) is 5.80. The van der Waals surface area contributed by atoms with E-state index in [9.17, 15) is 4.79 Å². The molecule has 2 N–H and O–H groups in total. The van der Waals surface area contributed by atoms with Gasteiger partial charge in [-0.1, -0.05) is 11.6 Å². The molecule has 0 aliphatic carbocycles. The van der Waals surface area contributed by atoms with Gasteiger partial charge >= 0.3 is 6.03 Å². The molecule has 15 heavy (non-hydrogen) atoms. The van der Waals surface area contributed by atoms with Crippen LogP contribution in [0.1, 0.15) is 19.4 Å². The minimum Gasteiger partial charge on any atom is -0.334 e. The van der Waals surface area contributed by atoms with Gasteiger partial charge in [0.2, 0.25) is 0 Å². The molecule has 4 heteroatoms. The predicted molar refractivity (Wildman–Crippen MR) is 59.0 cm³/mol. The fraction of sp³-hybridized carbons (Fsp3) is 0.273. The van der Waals surface area contributed by atoms with Crippen LogP contribution in [0, 0.1) is 0 Å². The van der Waals surface area contributed by atoms with Crippen LogP contribution in [0.3, 0.4) is 0 Å². The zero-order valence-electron chi connectivity index (χ0n) is 8.95. The summed E-state index contributed by atoms with van der Waals surface area (Å²) in [5.74, 6) is 0. The molecule has 0 spiro atoms. The van der Waals surface area contributed by atoms with Crippen LogP contribution in [0.4, 0.5) is 4.79 Å². The number of allylic oxidation sites excluding steroid dienone is 1. The highest BCUT2D eigenvalue weighted by Crippen LogP contribution is 1.93. The van der Waals surface area contributed by atoms with E-state index in [2.05, 4.69) is 15.6 Å². The molecule has 1 aromatic heterocycles. The second-order valence-corrected chi connectivity index (χ2v) is 3.41. The zero-order valence-corrected chi connectivity index (χ0v) is 8.95. The molecule has 0 saturated heterocycles. The van der Waals surface area contributed by atoms with Crippen molar-refractivity contribution >= 4 is 6.03 Å². The SMILES string of the molecule is CC(C)=CNC(=O)NCc1cccnc1. The van der Waals surface area contributed by atoms with E-state index in [4.69, 9.17) is 0 Å². The molecule has 0 bridgehead atoms. The van der Waals surface area contributed by atoms with E-state index in [0.29, 0.717) is 6.54 Å². The summed E-state index contributed by atoms with van der Waals surface area (Å²) >= 11 is 0. The molecule has 2 amide bonds. The van der Waals surface area contributed by atoms with Gasteiger partial charge in [0, 0.05) is 25.1 Å². The van der Waals surface area contributed by atoms with Gasteiger partial charge in [-0.2, -0.15) is 0 Å². The Morgan fingerprint density at radius 2 is 2.33 bits per heavy atom. The summed E-state index contributed by atoms with van der Waals surface area (Å²) in [6.07, 6.45) is 5.09. The van der Waals surface area contributed by atoms with Crippen molar-refractivity contribution in [3.05, 3.63) is 41.9 Å². The maximum atomic E-state index is 11.2. The smallest absolute Gasteiger partial charge is 0.319 e. The van der Waals surface area contributed by atoms with E-state index in [-0.39, 0.29) is 6.03 Å². The summed E-state index contributed by atoms with van der Waals surface area (Å²) in [7, 11) is 0. The molecular formula is C11H15N3O. The number of carbonyl (C=O) groups excluding carboxylic acids is 1. The fourth-order valence-electron chi connectivity index (χ4n) is 0.946. The number of nitrogens with zero attached hydrogens (tertiary/aromatic N) is 1. The van der Waals surface area contributed by atoms with E-state index in [0.717, 1.165) is 11.1 Å². The molecule has 0 radical (unpaired) electrons. The van der Waals surface area contributed by atoms with E-state index in [1.54, 1.807) is 18.6 Å². The Labute approximate surface area is 89.4 Å². The molecule has 80 valence electrons. The Morgan fingerprint density at radius 1 is 1.53 bits per heavy atom. The molecule has 0 fully saturated rings. The Bertz CT molecular complexity index is 342. The third kappa shape index (κ3) is 4.81. The first-order valence-electron chi connectivity index (χ1n) is 4.75. The number of rotatable bonds is 3. The second-order valence-electron chi connectivity index (χ2n) is 3.41. The lowest BCUT2D eigenvalue weighted by Crippen LogP contribution is -2.31. The fourth-order valence-corrected chi connectivity index (χ4v) is 0.946. The minimum atomic E-state index is -0.208. The summed E-state index contributed by atoms with van der Waals surface area (Å²) in [5, 5.41) is 5.34. The van der Waals surface area contributed by atoms with Crippen molar-refractivity contribution in [3.63, 3.8) is 0 Å². The molecule has 1 aromatic rings. The number of pyridine rings is 1. The van der Waals surface area contributed by atoms with Crippen LogP contribution in [0.5, 0.6) is 0 Å². The number of nitrogens with one attached hydrogen (secondary N) is 2. The molecule has 0 aliphatic rings. The largest absolute Gasteiger partial charge is 0.334 e. The lowest BCUT2D eigenvalue weighted by atomic mass is 10.3. The third-order valence-corrected chi connectivity index (χ3v) is 1.67. The number of urea groups is 1. The Morgan fingerprint density at radius 3 is 2.93 bits per heavy atom. The first-order chi connectivity index (χ1) is 7.18. The molecule has 0 atom stereocenters. The summed E-state index contributed by atoms with van der Waals surface area (Å²) < 4.78 is 0. The summed E-state index contributed by atoms with van der Waals surface area (Å²) in [6.45, 7) is 4.32. The lowest BCUT2D eigenvalue weighted by Gasteiger charge is -2.04. The van der Waals surface area contributed by atoms with Gasteiger partial charge in [-0.05, 0) is 25.5 Å². The molecule has 4 nitrogen and oxygen atoms in total. The van der Waals surface area contributed by atoms with Crippen LogP contribution in [-0.2, 0) is 6.54 Å². The van der Waals surface area contributed by atoms with Gasteiger partial charge in [0.25, 0.3) is 0 Å². The van der Waals surface area contributed by atoms with E-state index < -0.39 is 0 Å². The van der Waals surface area contributed by atoms with E-state index in [1.165, 1.54) is 0 Å². The molecule has 1 rings (SSSR count). The average Bonchev–Trinajstić information content (AvgIpc) is 2.25. The van der Waals surface area contributed by atoms with Crippen LogP contribution in [0.2, 0.25) is 0 Å². The number of hydrogen-bond acceptors (Lipinski definition) is 2. The third-order valence-electron chi connectivity index (χ3n) is 1.67. The zero-order chi connectivity index (χ0) is 11.1. The molecular weight excluding hydrogens is 190 g/mol. The summed E-state index contributed by atoms with van der Waals surface area (Å²) in [6, 6.07) is 3.54. The van der Waals surface area contributed by atoms with Gasteiger partial charge in [-0.15, -0.1) is 0 Å². The van der Waals surface area contributed by atoms with Crippen LogP contribution >= 0.6 is 0 Å². The van der Waals surface area contributed by atoms with Crippen LogP contribution < -0.4 is 10.6 Å². The Balaban J connectivity index is 2.32. The maximum absolute atomic E-state index is 11.2.